The summed E-state index contributed by atoms with van der Waals surface area (Å²) in [6.07, 6.45) is 0. The lowest BCUT2D eigenvalue weighted by atomic mass is 10.2. The Bertz CT molecular complexity index is 365. The van der Waals surface area contributed by atoms with E-state index in [4.69, 9.17) is 21.4 Å². The maximum atomic E-state index is 10.7. The number of nitrogens with zero attached hydrogens (tertiary/aromatic N) is 1. The smallest absolute Gasteiger partial charge is 0.337 e. The third-order valence-corrected chi connectivity index (χ3v) is 1.92. The molecule has 1 aromatic heterocycles. The summed E-state index contributed by atoms with van der Waals surface area (Å²) in [5, 5.41) is 8.99. The molecule has 0 aliphatic heterocycles. The Labute approximate surface area is 86.5 Å². The number of hydrogen-bond donors (Lipinski definition) is 1. The van der Waals surface area contributed by atoms with E-state index in [9.17, 15) is 4.79 Å². The van der Waals surface area contributed by atoms with Crippen LogP contribution in [0, 0.1) is 6.92 Å². The number of ether oxygens (including phenoxy) is 1. The summed E-state index contributed by atoms with van der Waals surface area (Å²) in [6.45, 7) is 3.85. The van der Waals surface area contributed by atoms with Crippen molar-refractivity contribution in [2.45, 2.75) is 13.8 Å². The Morgan fingerprint density at radius 1 is 1.71 bits per heavy atom. The Morgan fingerprint density at radius 3 is 2.86 bits per heavy atom. The molecule has 0 aliphatic carbocycles. The quantitative estimate of drug-likeness (QED) is 0.839. The van der Waals surface area contributed by atoms with Gasteiger partial charge in [0.2, 0.25) is 5.88 Å². The zero-order chi connectivity index (χ0) is 10.7. The third-order valence-electron chi connectivity index (χ3n) is 1.65. The van der Waals surface area contributed by atoms with Crippen molar-refractivity contribution in [2.24, 2.45) is 0 Å². The molecule has 76 valence electrons. The van der Waals surface area contributed by atoms with Crippen molar-refractivity contribution in [2.75, 3.05) is 6.61 Å². The van der Waals surface area contributed by atoms with E-state index in [2.05, 4.69) is 4.98 Å². The van der Waals surface area contributed by atoms with Crippen molar-refractivity contribution < 1.29 is 14.6 Å². The maximum Gasteiger partial charge on any atom is 0.337 e. The van der Waals surface area contributed by atoms with Crippen molar-refractivity contribution in [1.29, 1.82) is 0 Å². The molecule has 0 saturated carbocycles. The number of halogens is 1. The van der Waals surface area contributed by atoms with Crippen molar-refractivity contribution in [3.05, 3.63) is 22.3 Å². The molecule has 1 heterocycles. The van der Waals surface area contributed by atoms with Crippen LogP contribution in [0.1, 0.15) is 23.0 Å². The zero-order valence-corrected chi connectivity index (χ0v) is 8.63. The molecule has 0 unspecified atom stereocenters. The summed E-state index contributed by atoms with van der Waals surface area (Å²) in [5.41, 5.74) is 0.490. The fourth-order valence-corrected chi connectivity index (χ4v) is 1.22. The average Bonchev–Trinajstić information content (AvgIpc) is 2.10. The number of carbonyl (C=O) groups is 1. The van der Waals surface area contributed by atoms with Gasteiger partial charge in [0.05, 0.1) is 17.9 Å². The van der Waals surface area contributed by atoms with E-state index in [0.29, 0.717) is 12.3 Å². The van der Waals surface area contributed by atoms with Gasteiger partial charge < -0.3 is 9.84 Å². The van der Waals surface area contributed by atoms with Gasteiger partial charge in [0.25, 0.3) is 0 Å². The lowest BCUT2D eigenvalue weighted by Gasteiger charge is -2.07. The molecule has 0 spiro atoms. The molecule has 0 radical (unpaired) electrons. The topological polar surface area (TPSA) is 59.4 Å². The first-order valence-electron chi connectivity index (χ1n) is 4.09. The molecule has 0 amide bonds. The molecule has 0 saturated heterocycles. The van der Waals surface area contributed by atoms with Crippen LogP contribution in [0.25, 0.3) is 0 Å². The van der Waals surface area contributed by atoms with Crippen molar-refractivity contribution in [3.8, 4) is 5.88 Å². The van der Waals surface area contributed by atoms with Gasteiger partial charge in [-0.1, -0.05) is 11.6 Å². The van der Waals surface area contributed by atoms with Crippen LogP contribution >= 0.6 is 11.6 Å². The summed E-state index contributed by atoms with van der Waals surface area (Å²) in [7, 11) is 0. The molecule has 4 nitrogen and oxygen atoms in total. The van der Waals surface area contributed by atoms with E-state index < -0.39 is 5.97 Å². The standard InChI is InChI=1S/C9H10ClNO3/c1-3-14-8-7(10)4-6(9(12)13)5(2)11-8/h4H,3H2,1-2H3,(H,12,13). The Kier molecular flexibility index (Phi) is 3.30. The molecule has 0 atom stereocenters. The van der Waals surface area contributed by atoms with Gasteiger partial charge in [-0.3, -0.25) is 0 Å². The second-order valence-corrected chi connectivity index (χ2v) is 3.05. The van der Waals surface area contributed by atoms with E-state index in [0.717, 1.165) is 0 Å². The predicted octanol–water partition coefficient (Wildman–Crippen LogP) is 2.14. The van der Waals surface area contributed by atoms with Crippen molar-refractivity contribution in [1.82, 2.24) is 4.98 Å². The molecule has 0 fully saturated rings. The van der Waals surface area contributed by atoms with Crippen LogP contribution in [0.3, 0.4) is 0 Å². The molecule has 14 heavy (non-hydrogen) atoms. The van der Waals surface area contributed by atoms with Gasteiger partial charge in [-0.05, 0) is 19.9 Å². The van der Waals surface area contributed by atoms with Gasteiger partial charge in [0.1, 0.15) is 5.02 Å². The van der Waals surface area contributed by atoms with E-state index in [1.54, 1.807) is 13.8 Å². The third kappa shape index (κ3) is 2.14. The van der Waals surface area contributed by atoms with E-state index in [1.807, 2.05) is 0 Å². The van der Waals surface area contributed by atoms with Crippen LogP contribution < -0.4 is 4.74 Å². The largest absolute Gasteiger partial charge is 0.478 e. The Balaban J connectivity index is 3.17. The number of hydrogen-bond acceptors (Lipinski definition) is 3. The van der Waals surface area contributed by atoms with Gasteiger partial charge in [-0.15, -0.1) is 0 Å². The molecule has 0 bridgehead atoms. The lowest BCUT2D eigenvalue weighted by Crippen LogP contribution is -2.04. The molecule has 1 aromatic rings. The molecular formula is C9H10ClNO3. The van der Waals surface area contributed by atoms with Gasteiger partial charge in [-0.25, -0.2) is 9.78 Å². The first-order valence-corrected chi connectivity index (χ1v) is 4.47. The highest BCUT2D eigenvalue weighted by atomic mass is 35.5. The number of aromatic carboxylic acids is 1. The molecule has 0 aliphatic rings. The van der Waals surface area contributed by atoms with E-state index >= 15 is 0 Å². The first kappa shape index (κ1) is 10.8. The van der Waals surface area contributed by atoms with Gasteiger partial charge >= 0.3 is 5.97 Å². The summed E-state index contributed by atoms with van der Waals surface area (Å²) in [6, 6.07) is 1.34. The van der Waals surface area contributed by atoms with Crippen LogP contribution in [0.5, 0.6) is 5.88 Å². The van der Waals surface area contributed by atoms with E-state index in [-0.39, 0.29) is 16.5 Å². The number of pyridine rings is 1. The summed E-state index contributed by atoms with van der Waals surface area (Å²) in [5.74, 6) is -0.767. The van der Waals surface area contributed by atoms with Crippen LogP contribution in [0.4, 0.5) is 0 Å². The van der Waals surface area contributed by atoms with Crippen molar-refractivity contribution in [3.63, 3.8) is 0 Å². The molecule has 0 aromatic carbocycles. The summed E-state index contributed by atoms with van der Waals surface area (Å²) in [4.78, 5) is 14.7. The zero-order valence-electron chi connectivity index (χ0n) is 7.87. The second-order valence-electron chi connectivity index (χ2n) is 2.65. The van der Waals surface area contributed by atoms with Crippen molar-refractivity contribution >= 4 is 17.6 Å². The average molecular weight is 216 g/mol. The monoisotopic (exact) mass is 215 g/mol. The van der Waals surface area contributed by atoms with E-state index in [1.165, 1.54) is 6.07 Å². The highest BCUT2D eigenvalue weighted by Gasteiger charge is 2.13. The lowest BCUT2D eigenvalue weighted by molar-refractivity contribution is 0.0695. The molecule has 1 N–H and O–H groups in total. The molecular weight excluding hydrogens is 206 g/mol. The first-order chi connectivity index (χ1) is 6.56. The van der Waals surface area contributed by atoms with Gasteiger partial charge in [0, 0.05) is 0 Å². The van der Waals surface area contributed by atoms with Crippen LogP contribution in [-0.2, 0) is 0 Å². The minimum absolute atomic E-state index is 0.0958. The second kappa shape index (κ2) is 4.28. The maximum absolute atomic E-state index is 10.7. The fraction of sp³-hybridized carbons (Fsp3) is 0.333. The minimum Gasteiger partial charge on any atom is -0.478 e. The SMILES string of the molecule is CCOc1nc(C)c(C(=O)O)cc1Cl. The van der Waals surface area contributed by atoms with Crippen LogP contribution in [-0.4, -0.2) is 22.7 Å². The molecule has 1 rings (SSSR count). The van der Waals surface area contributed by atoms with Crippen LogP contribution in [0.15, 0.2) is 6.07 Å². The highest BCUT2D eigenvalue weighted by Crippen LogP contribution is 2.24. The number of aryl methyl sites for hydroxylation is 1. The Morgan fingerprint density at radius 2 is 2.36 bits per heavy atom. The minimum atomic E-state index is -1.04. The summed E-state index contributed by atoms with van der Waals surface area (Å²) < 4.78 is 5.12. The van der Waals surface area contributed by atoms with Gasteiger partial charge in [-0.2, -0.15) is 0 Å². The highest BCUT2D eigenvalue weighted by molar-refractivity contribution is 6.32. The number of rotatable bonds is 3. The fourth-order valence-electron chi connectivity index (χ4n) is 1.01. The predicted molar refractivity (Wildman–Crippen MR) is 52.1 cm³/mol. The normalized spacial score (nSPS) is 9.93. The summed E-state index contributed by atoms with van der Waals surface area (Å²) >= 11 is 5.77. The Hall–Kier alpha value is -1.29. The number of aromatic nitrogens is 1. The van der Waals surface area contributed by atoms with Gasteiger partial charge in [0.15, 0.2) is 0 Å². The number of carboxylic acids is 1. The number of carboxylic acid groups (broad SMARTS) is 1. The molecule has 5 heteroatoms. The van der Waals surface area contributed by atoms with Crippen LogP contribution in [0.2, 0.25) is 5.02 Å².